The molecule has 0 spiro atoms. The van der Waals surface area contributed by atoms with Crippen molar-refractivity contribution in [3.05, 3.63) is 21.8 Å². The third kappa shape index (κ3) is 2.03. The van der Waals surface area contributed by atoms with Gasteiger partial charge >= 0.3 is 0 Å². The first-order valence-electron chi connectivity index (χ1n) is 2.87. The molecule has 56 valence electrons. The monoisotopic (exact) mass is 260 g/mol. The second-order valence-electron chi connectivity index (χ2n) is 1.91. The van der Waals surface area contributed by atoms with Crippen LogP contribution in [0.1, 0.15) is 0 Å². The molecule has 1 aromatic rings. The van der Waals surface area contributed by atoms with Crippen molar-refractivity contribution in [1.29, 1.82) is 0 Å². The van der Waals surface area contributed by atoms with Crippen molar-refractivity contribution >= 4 is 40.0 Å². The molecule has 1 rings (SSSR count). The Hall–Kier alpha value is -0.870. The van der Waals surface area contributed by atoms with Gasteiger partial charge in [0.1, 0.15) is 0 Å². The van der Waals surface area contributed by atoms with E-state index in [1.54, 1.807) is 18.2 Å². The second-order valence-corrected chi connectivity index (χ2v) is 3.07. The summed E-state index contributed by atoms with van der Waals surface area (Å²) in [6.07, 6.45) is 1.46. The number of hydrogen-bond acceptors (Lipinski definition) is 3. The van der Waals surface area contributed by atoms with E-state index in [-0.39, 0.29) is 0 Å². The number of carbonyl (C=O) groups excluding carboxylic acids is 1. The molecule has 11 heavy (non-hydrogen) atoms. The Bertz CT molecular complexity index is 318. The van der Waals surface area contributed by atoms with E-state index >= 15 is 0 Å². The summed E-state index contributed by atoms with van der Waals surface area (Å²) < 4.78 is 0.888. The van der Waals surface area contributed by atoms with Crippen LogP contribution in [0.3, 0.4) is 0 Å². The highest BCUT2D eigenvalue weighted by Gasteiger charge is 1.94. The van der Waals surface area contributed by atoms with Gasteiger partial charge in [-0.3, -0.25) is 0 Å². The zero-order valence-corrected chi connectivity index (χ0v) is 7.70. The Balaban J connectivity index is 3.14. The molecule has 4 heteroatoms. The molecule has 0 aliphatic heterocycles. The third-order valence-corrected chi connectivity index (χ3v) is 2.09. The molecule has 0 fully saturated rings. The van der Waals surface area contributed by atoms with E-state index in [1.165, 1.54) is 6.08 Å². The van der Waals surface area contributed by atoms with Gasteiger partial charge in [-0.1, -0.05) is 0 Å². The van der Waals surface area contributed by atoms with Gasteiger partial charge in [0.15, 0.2) is 0 Å². The first kappa shape index (κ1) is 8.23. The van der Waals surface area contributed by atoms with E-state index in [1.807, 2.05) is 0 Å². The molecule has 0 aliphatic rings. The number of hydrogen-bond donors (Lipinski definition) is 1. The smallest absolute Gasteiger partial charge is 0.240 e. The largest absolute Gasteiger partial charge is 0.398 e. The van der Waals surface area contributed by atoms with Gasteiger partial charge in [0, 0.05) is 9.26 Å². The summed E-state index contributed by atoms with van der Waals surface area (Å²) in [5.41, 5.74) is 6.81. The van der Waals surface area contributed by atoms with Crippen LogP contribution in [0.25, 0.3) is 0 Å². The highest BCUT2D eigenvalue weighted by molar-refractivity contribution is 14.1. The van der Waals surface area contributed by atoms with E-state index in [2.05, 4.69) is 27.6 Å². The van der Waals surface area contributed by atoms with Crippen LogP contribution in [0.15, 0.2) is 23.2 Å². The SMILES string of the molecule is Nc1ccc(N=C=O)cc1I. The number of benzene rings is 1. The van der Waals surface area contributed by atoms with Crippen molar-refractivity contribution in [3.63, 3.8) is 0 Å². The lowest BCUT2D eigenvalue weighted by molar-refractivity contribution is 0.565. The molecule has 0 heterocycles. The van der Waals surface area contributed by atoms with Gasteiger partial charge < -0.3 is 5.73 Å². The lowest BCUT2D eigenvalue weighted by Gasteiger charge is -1.96. The van der Waals surface area contributed by atoms with Crippen LogP contribution in [0, 0.1) is 3.57 Å². The van der Waals surface area contributed by atoms with Gasteiger partial charge in [-0.15, -0.1) is 0 Å². The number of halogens is 1. The van der Waals surface area contributed by atoms with Crippen LogP contribution in [-0.4, -0.2) is 6.08 Å². The Morgan fingerprint density at radius 2 is 2.27 bits per heavy atom. The summed E-state index contributed by atoms with van der Waals surface area (Å²) in [4.78, 5) is 13.3. The maximum absolute atomic E-state index is 9.85. The number of isocyanates is 1. The predicted molar refractivity (Wildman–Crippen MR) is 51.4 cm³/mol. The molecule has 0 atom stereocenters. The summed E-state index contributed by atoms with van der Waals surface area (Å²) >= 11 is 2.07. The predicted octanol–water partition coefficient (Wildman–Crippen LogP) is 1.84. The van der Waals surface area contributed by atoms with Crippen molar-refractivity contribution in [2.24, 2.45) is 4.99 Å². The fourth-order valence-corrected chi connectivity index (χ4v) is 1.14. The van der Waals surface area contributed by atoms with Crippen molar-refractivity contribution < 1.29 is 4.79 Å². The molecule has 2 N–H and O–H groups in total. The third-order valence-electron chi connectivity index (χ3n) is 1.16. The topological polar surface area (TPSA) is 55.4 Å². The summed E-state index contributed by atoms with van der Waals surface area (Å²) in [6, 6.07) is 5.10. The molecule has 3 nitrogen and oxygen atoms in total. The minimum Gasteiger partial charge on any atom is -0.398 e. The molecule has 0 bridgehead atoms. The van der Waals surface area contributed by atoms with Crippen molar-refractivity contribution in [3.8, 4) is 0 Å². The van der Waals surface area contributed by atoms with Crippen molar-refractivity contribution in [2.45, 2.75) is 0 Å². The highest BCUT2D eigenvalue weighted by atomic mass is 127. The minimum atomic E-state index is 0.582. The van der Waals surface area contributed by atoms with Gasteiger partial charge in [0.2, 0.25) is 6.08 Å². The maximum Gasteiger partial charge on any atom is 0.240 e. The highest BCUT2D eigenvalue weighted by Crippen LogP contribution is 2.20. The van der Waals surface area contributed by atoms with E-state index in [0.717, 1.165) is 3.57 Å². The lowest BCUT2D eigenvalue weighted by Crippen LogP contribution is -1.86. The number of nitrogens with two attached hydrogens (primary N) is 1. The first-order valence-corrected chi connectivity index (χ1v) is 3.95. The van der Waals surface area contributed by atoms with Crippen LogP contribution in [-0.2, 0) is 4.79 Å². The average Bonchev–Trinajstić information content (AvgIpc) is 1.98. The molecule has 0 unspecified atom stereocenters. The molecule has 0 amide bonds. The summed E-state index contributed by atoms with van der Waals surface area (Å²) in [5, 5.41) is 0. The number of aliphatic imine (C=N–C) groups is 1. The molecule has 0 radical (unpaired) electrons. The van der Waals surface area contributed by atoms with E-state index in [9.17, 15) is 4.79 Å². The Morgan fingerprint density at radius 3 is 2.82 bits per heavy atom. The minimum absolute atomic E-state index is 0.582. The number of anilines is 1. The Kier molecular flexibility index (Phi) is 2.62. The fourth-order valence-electron chi connectivity index (χ4n) is 0.638. The molecule has 0 saturated carbocycles. The van der Waals surface area contributed by atoms with Crippen LogP contribution < -0.4 is 5.73 Å². The molecular weight excluding hydrogens is 255 g/mol. The molecule has 0 aliphatic carbocycles. The van der Waals surface area contributed by atoms with Crippen LogP contribution >= 0.6 is 22.6 Å². The van der Waals surface area contributed by atoms with E-state index in [4.69, 9.17) is 5.73 Å². The second kappa shape index (κ2) is 3.50. The van der Waals surface area contributed by atoms with E-state index in [0.29, 0.717) is 11.4 Å². The van der Waals surface area contributed by atoms with Crippen molar-refractivity contribution in [2.75, 3.05) is 5.73 Å². The van der Waals surface area contributed by atoms with Crippen LogP contribution in [0.5, 0.6) is 0 Å². The normalized spacial score (nSPS) is 8.82. The summed E-state index contributed by atoms with van der Waals surface area (Å²) in [5.74, 6) is 0. The fraction of sp³-hybridized carbons (Fsp3) is 0. The average molecular weight is 260 g/mol. The Morgan fingerprint density at radius 1 is 1.55 bits per heavy atom. The molecule has 0 aromatic heterocycles. The van der Waals surface area contributed by atoms with Gasteiger partial charge in [-0.2, -0.15) is 4.99 Å². The Labute approximate surface area is 77.5 Å². The maximum atomic E-state index is 9.85. The summed E-state index contributed by atoms with van der Waals surface area (Å²) in [6.45, 7) is 0. The van der Waals surface area contributed by atoms with Gasteiger partial charge in [-0.25, -0.2) is 4.79 Å². The van der Waals surface area contributed by atoms with Crippen molar-refractivity contribution in [1.82, 2.24) is 0 Å². The van der Waals surface area contributed by atoms with Crippen LogP contribution in [0.2, 0.25) is 0 Å². The molecular formula is C7H5IN2O. The summed E-state index contributed by atoms with van der Waals surface area (Å²) in [7, 11) is 0. The molecule has 0 saturated heterocycles. The standard InChI is InChI=1S/C7H5IN2O/c8-6-3-5(10-4-11)1-2-7(6)9/h1-3H,9H2. The number of nitrogen functional groups attached to an aromatic ring is 1. The first-order chi connectivity index (χ1) is 5.24. The van der Waals surface area contributed by atoms with Gasteiger partial charge in [0.05, 0.1) is 5.69 Å². The zero-order valence-electron chi connectivity index (χ0n) is 5.54. The van der Waals surface area contributed by atoms with Crippen LogP contribution in [0.4, 0.5) is 11.4 Å². The number of rotatable bonds is 1. The quantitative estimate of drug-likeness (QED) is 0.362. The molecule has 1 aromatic carbocycles. The number of nitrogens with zero attached hydrogens (tertiary/aromatic N) is 1. The lowest BCUT2D eigenvalue weighted by atomic mass is 10.3. The van der Waals surface area contributed by atoms with Gasteiger partial charge in [0.25, 0.3) is 0 Å². The van der Waals surface area contributed by atoms with Gasteiger partial charge in [-0.05, 0) is 40.8 Å². The zero-order chi connectivity index (χ0) is 8.27. The van der Waals surface area contributed by atoms with E-state index < -0.39 is 0 Å².